The minimum absolute atomic E-state index is 0.718. The number of aliphatic hydroxyl groups excluding tert-OH is 1. The smallest absolute Gasteiger partial charge is 0.140 e. The maximum absolute atomic E-state index is 10.1. The van der Waals surface area contributed by atoms with Crippen molar-refractivity contribution >= 4 is 0 Å². The molecule has 1 unspecified atom stereocenters. The second-order valence-corrected chi connectivity index (χ2v) is 5.17. The van der Waals surface area contributed by atoms with Crippen LogP contribution in [0.2, 0.25) is 0 Å². The Morgan fingerprint density at radius 2 is 1.65 bits per heavy atom. The minimum Gasteiger partial charge on any atom is -0.497 e. The van der Waals surface area contributed by atoms with Crippen LogP contribution in [-0.4, -0.2) is 18.8 Å². The molecule has 120 valence electrons. The van der Waals surface area contributed by atoms with Crippen LogP contribution in [0.5, 0.6) is 11.5 Å². The Kier molecular flexibility index (Phi) is 6.53. The third kappa shape index (κ3) is 5.36. The van der Waals surface area contributed by atoms with Crippen LogP contribution in [0, 0.1) is 11.8 Å². The molecule has 2 aromatic rings. The van der Waals surface area contributed by atoms with Crippen LogP contribution in [0.15, 0.2) is 48.5 Å². The lowest BCUT2D eigenvalue weighted by atomic mass is 10.1. The molecule has 3 nitrogen and oxygen atoms in total. The SMILES string of the molecule is CCCCOc1ccc(C(O)C#Cc2ccc(OC)cc2)cc1. The lowest BCUT2D eigenvalue weighted by molar-refractivity contribution is 0.238. The molecule has 0 fully saturated rings. The first kappa shape index (κ1) is 16.9. The van der Waals surface area contributed by atoms with Crippen LogP contribution in [0.1, 0.15) is 37.0 Å². The fourth-order valence-electron chi connectivity index (χ4n) is 1.99. The molecule has 0 saturated carbocycles. The summed E-state index contributed by atoms with van der Waals surface area (Å²) in [6.07, 6.45) is 1.33. The molecule has 2 aromatic carbocycles. The third-order valence-electron chi connectivity index (χ3n) is 3.41. The molecule has 0 radical (unpaired) electrons. The number of hydrogen-bond donors (Lipinski definition) is 1. The molecule has 0 spiro atoms. The average Bonchev–Trinajstić information content (AvgIpc) is 2.61. The molecular formula is C20H22O3. The van der Waals surface area contributed by atoms with Crippen molar-refractivity contribution in [3.8, 4) is 23.3 Å². The molecule has 0 heterocycles. The second kappa shape index (κ2) is 8.87. The minimum atomic E-state index is -0.818. The fraction of sp³-hybridized carbons (Fsp3) is 0.300. The van der Waals surface area contributed by atoms with Crippen molar-refractivity contribution in [2.24, 2.45) is 0 Å². The molecule has 0 amide bonds. The van der Waals surface area contributed by atoms with Gasteiger partial charge in [-0.1, -0.05) is 37.3 Å². The van der Waals surface area contributed by atoms with Crippen LogP contribution < -0.4 is 9.47 Å². The maximum Gasteiger partial charge on any atom is 0.140 e. The van der Waals surface area contributed by atoms with Crippen molar-refractivity contribution in [3.63, 3.8) is 0 Å². The van der Waals surface area contributed by atoms with Crippen LogP contribution in [-0.2, 0) is 0 Å². The molecule has 1 atom stereocenters. The van der Waals surface area contributed by atoms with Gasteiger partial charge in [-0.05, 0) is 48.4 Å². The summed E-state index contributed by atoms with van der Waals surface area (Å²) in [5.41, 5.74) is 1.60. The van der Waals surface area contributed by atoms with Crippen molar-refractivity contribution in [3.05, 3.63) is 59.7 Å². The Morgan fingerprint density at radius 1 is 1.00 bits per heavy atom. The molecule has 0 saturated heterocycles. The van der Waals surface area contributed by atoms with E-state index in [0.717, 1.165) is 42.1 Å². The first-order valence-electron chi connectivity index (χ1n) is 7.79. The van der Waals surface area contributed by atoms with Gasteiger partial charge in [-0.15, -0.1) is 0 Å². The number of benzene rings is 2. The van der Waals surface area contributed by atoms with Gasteiger partial charge in [0.25, 0.3) is 0 Å². The van der Waals surface area contributed by atoms with Crippen molar-refractivity contribution in [1.29, 1.82) is 0 Å². The lowest BCUT2D eigenvalue weighted by Crippen LogP contribution is -1.98. The van der Waals surface area contributed by atoms with Gasteiger partial charge in [0.05, 0.1) is 13.7 Å². The van der Waals surface area contributed by atoms with E-state index in [1.54, 1.807) is 7.11 Å². The monoisotopic (exact) mass is 310 g/mol. The number of methoxy groups -OCH3 is 1. The molecule has 0 aromatic heterocycles. The first-order chi connectivity index (χ1) is 11.2. The van der Waals surface area contributed by atoms with Gasteiger partial charge >= 0.3 is 0 Å². The maximum atomic E-state index is 10.1. The van der Waals surface area contributed by atoms with Crippen LogP contribution in [0.4, 0.5) is 0 Å². The Bertz CT molecular complexity index is 648. The topological polar surface area (TPSA) is 38.7 Å². The number of rotatable bonds is 6. The lowest BCUT2D eigenvalue weighted by Gasteiger charge is -2.07. The zero-order chi connectivity index (χ0) is 16.5. The molecule has 2 rings (SSSR count). The molecule has 0 aliphatic rings. The van der Waals surface area contributed by atoms with E-state index in [0.29, 0.717) is 0 Å². The van der Waals surface area contributed by atoms with Gasteiger partial charge in [0.1, 0.15) is 17.6 Å². The highest BCUT2D eigenvalue weighted by Gasteiger charge is 2.03. The standard InChI is InChI=1S/C20H22O3/c1-3-4-15-23-19-12-8-17(9-13-19)20(21)14-7-16-5-10-18(22-2)11-6-16/h5-6,8-13,20-21H,3-4,15H2,1-2H3. The molecule has 23 heavy (non-hydrogen) atoms. The Morgan fingerprint density at radius 3 is 2.26 bits per heavy atom. The molecular weight excluding hydrogens is 288 g/mol. The molecule has 0 aliphatic carbocycles. The summed E-state index contributed by atoms with van der Waals surface area (Å²) in [4.78, 5) is 0. The van der Waals surface area contributed by atoms with Crippen LogP contribution in [0.25, 0.3) is 0 Å². The van der Waals surface area contributed by atoms with Crippen LogP contribution >= 0.6 is 0 Å². The van der Waals surface area contributed by atoms with Gasteiger partial charge in [0, 0.05) is 5.56 Å². The largest absolute Gasteiger partial charge is 0.497 e. The summed E-state index contributed by atoms with van der Waals surface area (Å²) in [6.45, 7) is 2.85. The highest BCUT2D eigenvalue weighted by molar-refractivity contribution is 5.40. The van der Waals surface area contributed by atoms with Crippen LogP contribution in [0.3, 0.4) is 0 Å². The average molecular weight is 310 g/mol. The van der Waals surface area contributed by atoms with Crippen molar-refractivity contribution < 1.29 is 14.6 Å². The number of hydrogen-bond acceptors (Lipinski definition) is 3. The van der Waals surface area contributed by atoms with Crippen molar-refractivity contribution in [1.82, 2.24) is 0 Å². The van der Waals surface area contributed by atoms with Gasteiger partial charge < -0.3 is 14.6 Å². The summed E-state index contributed by atoms with van der Waals surface area (Å²) in [5.74, 6) is 7.42. The highest BCUT2D eigenvalue weighted by Crippen LogP contribution is 2.18. The summed E-state index contributed by atoms with van der Waals surface area (Å²) < 4.78 is 10.7. The van der Waals surface area contributed by atoms with E-state index in [9.17, 15) is 5.11 Å². The molecule has 0 aliphatic heterocycles. The predicted molar refractivity (Wildman–Crippen MR) is 91.7 cm³/mol. The zero-order valence-corrected chi connectivity index (χ0v) is 13.6. The van der Waals surface area contributed by atoms with Crippen molar-refractivity contribution in [2.75, 3.05) is 13.7 Å². The summed E-state index contributed by atoms with van der Waals surface area (Å²) >= 11 is 0. The van der Waals surface area contributed by atoms with E-state index in [1.165, 1.54) is 0 Å². The summed E-state index contributed by atoms with van der Waals surface area (Å²) in [5, 5.41) is 10.1. The van der Waals surface area contributed by atoms with Gasteiger partial charge in [0.2, 0.25) is 0 Å². The Labute approximate surface area is 137 Å². The number of unbranched alkanes of at least 4 members (excludes halogenated alkanes) is 1. The van der Waals surface area contributed by atoms with E-state index in [1.807, 2.05) is 48.5 Å². The number of aliphatic hydroxyl groups is 1. The second-order valence-electron chi connectivity index (χ2n) is 5.17. The van der Waals surface area contributed by atoms with Gasteiger partial charge in [-0.25, -0.2) is 0 Å². The fourth-order valence-corrected chi connectivity index (χ4v) is 1.99. The first-order valence-corrected chi connectivity index (χ1v) is 7.79. The van der Waals surface area contributed by atoms with Gasteiger partial charge in [-0.2, -0.15) is 0 Å². The van der Waals surface area contributed by atoms with E-state index < -0.39 is 6.10 Å². The van der Waals surface area contributed by atoms with E-state index >= 15 is 0 Å². The Hall–Kier alpha value is -2.44. The number of ether oxygens (including phenoxy) is 2. The normalized spacial score (nSPS) is 11.3. The van der Waals surface area contributed by atoms with E-state index in [4.69, 9.17) is 9.47 Å². The van der Waals surface area contributed by atoms with Crippen molar-refractivity contribution in [2.45, 2.75) is 25.9 Å². The zero-order valence-electron chi connectivity index (χ0n) is 13.6. The molecule has 3 heteroatoms. The predicted octanol–water partition coefficient (Wildman–Crippen LogP) is 3.96. The highest BCUT2D eigenvalue weighted by atomic mass is 16.5. The molecule has 1 N–H and O–H groups in total. The summed E-state index contributed by atoms with van der Waals surface area (Å²) in [7, 11) is 1.63. The van der Waals surface area contributed by atoms with E-state index in [2.05, 4.69) is 18.8 Å². The Balaban J connectivity index is 1.97. The van der Waals surface area contributed by atoms with Gasteiger partial charge in [0.15, 0.2) is 0 Å². The summed E-state index contributed by atoms with van der Waals surface area (Å²) in [6, 6.07) is 14.8. The third-order valence-corrected chi connectivity index (χ3v) is 3.41. The van der Waals surface area contributed by atoms with Gasteiger partial charge in [-0.3, -0.25) is 0 Å². The molecule has 0 bridgehead atoms. The van der Waals surface area contributed by atoms with E-state index in [-0.39, 0.29) is 0 Å². The quantitative estimate of drug-likeness (QED) is 0.648.